The molecule has 29 heavy (non-hydrogen) atoms. The van der Waals surface area contributed by atoms with Gasteiger partial charge in [0.05, 0.1) is 0 Å². The van der Waals surface area contributed by atoms with Gasteiger partial charge in [-0.15, -0.1) is 0 Å². The Hall–Kier alpha value is -2.18. The minimum Gasteiger partial charge on any atom is -0.432 e. The van der Waals surface area contributed by atoms with Crippen molar-refractivity contribution < 1.29 is 9.53 Å². The smallest absolute Gasteiger partial charge is 0.266 e. The van der Waals surface area contributed by atoms with Crippen LogP contribution in [0.15, 0.2) is 48.2 Å². The van der Waals surface area contributed by atoms with Crippen molar-refractivity contribution in [3.05, 3.63) is 53.8 Å². The summed E-state index contributed by atoms with van der Waals surface area (Å²) in [6.45, 7) is 6.98. The Morgan fingerprint density at radius 3 is 2.76 bits per heavy atom. The van der Waals surface area contributed by atoms with Gasteiger partial charge in [-0.25, -0.2) is 0 Å². The molecule has 2 N–H and O–H groups in total. The van der Waals surface area contributed by atoms with Gasteiger partial charge < -0.3 is 15.4 Å². The zero-order chi connectivity index (χ0) is 20.9. The van der Waals surface area contributed by atoms with Gasteiger partial charge in [-0.05, 0) is 82.4 Å². The standard InChI is InChI=1S/C23H33N3O2S/c1-3-4-5-6-8-19(2)25-23(29)28-22-12-10-20(11-13-22)17-26-15-7-9-21(14-16-26)24-18-27/h3-4,8,10-13,18,21H,5-7,9,14-17H2,1-2H3,(H,24,27)(H,25,29)/b4-3-,19-8+. The Kier molecular flexibility index (Phi) is 10.5. The average Bonchev–Trinajstić information content (AvgIpc) is 2.92. The van der Waals surface area contributed by atoms with Crippen molar-refractivity contribution in [2.45, 2.75) is 58.5 Å². The van der Waals surface area contributed by atoms with Crippen LogP contribution in [0.1, 0.15) is 51.5 Å². The van der Waals surface area contributed by atoms with Gasteiger partial charge in [0, 0.05) is 24.8 Å². The summed E-state index contributed by atoms with van der Waals surface area (Å²) in [6.07, 6.45) is 12.3. The molecule has 1 atom stereocenters. The summed E-state index contributed by atoms with van der Waals surface area (Å²) in [4.78, 5) is 13.1. The lowest BCUT2D eigenvalue weighted by atomic mass is 10.1. The highest BCUT2D eigenvalue weighted by Gasteiger charge is 2.16. The van der Waals surface area contributed by atoms with Crippen LogP contribution >= 0.6 is 12.2 Å². The molecule has 0 spiro atoms. The Labute approximate surface area is 180 Å². The molecule has 0 radical (unpaired) electrons. The Balaban J connectivity index is 1.77. The first kappa shape index (κ1) is 23.1. The quantitative estimate of drug-likeness (QED) is 0.273. The molecule has 0 saturated carbocycles. The fraction of sp³-hybridized carbons (Fsp3) is 0.478. The van der Waals surface area contributed by atoms with E-state index in [4.69, 9.17) is 17.0 Å². The second-order valence-corrected chi connectivity index (χ2v) is 7.75. The summed E-state index contributed by atoms with van der Waals surface area (Å²) in [7, 11) is 0. The minimum atomic E-state index is 0.308. The van der Waals surface area contributed by atoms with Crippen molar-refractivity contribution in [1.82, 2.24) is 15.5 Å². The lowest BCUT2D eigenvalue weighted by molar-refractivity contribution is -0.110. The zero-order valence-electron chi connectivity index (χ0n) is 17.5. The SMILES string of the molecule is C/C=C\CC/C=C(\C)NC(=S)Oc1ccc(CN2CCCC(NC=O)CC2)cc1. The summed E-state index contributed by atoms with van der Waals surface area (Å²) < 4.78 is 5.73. The minimum absolute atomic E-state index is 0.308. The van der Waals surface area contributed by atoms with Gasteiger partial charge in [0.25, 0.3) is 5.17 Å². The summed E-state index contributed by atoms with van der Waals surface area (Å²) in [5.41, 5.74) is 2.25. The number of amides is 1. The zero-order valence-corrected chi connectivity index (χ0v) is 18.3. The summed E-state index contributed by atoms with van der Waals surface area (Å²) in [5, 5.41) is 6.39. The second kappa shape index (κ2) is 13.1. The molecule has 1 saturated heterocycles. The molecule has 1 fully saturated rings. The predicted octanol–water partition coefficient (Wildman–Crippen LogP) is 4.30. The molecule has 0 aromatic heterocycles. The number of carbonyl (C=O) groups is 1. The van der Waals surface area contributed by atoms with E-state index in [1.165, 1.54) is 5.56 Å². The molecular weight excluding hydrogens is 382 g/mol. The molecular formula is C23H33N3O2S. The first-order chi connectivity index (χ1) is 14.1. The molecule has 0 aliphatic carbocycles. The molecule has 1 aliphatic heterocycles. The van der Waals surface area contributed by atoms with Crippen LogP contribution in [-0.4, -0.2) is 35.6 Å². The van der Waals surface area contributed by atoms with Crippen LogP contribution in [0.4, 0.5) is 0 Å². The predicted molar refractivity (Wildman–Crippen MR) is 123 cm³/mol. The maximum atomic E-state index is 10.6. The van der Waals surface area contributed by atoms with E-state index in [0.29, 0.717) is 11.2 Å². The number of rotatable bonds is 9. The van der Waals surface area contributed by atoms with Gasteiger partial charge in [0.15, 0.2) is 0 Å². The van der Waals surface area contributed by atoms with Crippen molar-refractivity contribution in [2.24, 2.45) is 0 Å². The van der Waals surface area contributed by atoms with E-state index >= 15 is 0 Å². The van der Waals surface area contributed by atoms with Crippen LogP contribution in [0, 0.1) is 0 Å². The molecule has 1 amide bonds. The van der Waals surface area contributed by atoms with Gasteiger partial charge in [-0.1, -0.05) is 30.4 Å². The number of allylic oxidation sites excluding steroid dienone is 4. The number of hydrogen-bond donors (Lipinski definition) is 2. The van der Waals surface area contributed by atoms with E-state index in [1.54, 1.807) is 0 Å². The highest BCUT2D eigenvalue weighted by Crippen LogP contribution is 2.17. The first-order valence-corrected chi connectivity index (χ1v) is 10.8. The number of nitrogens with zero attached hydrogens (tertiary/aromatic N) is 1. The average molecular weight is 416 g/mol. The fourth-order valence-corrected chi connectivity index (χ4v) is 3.66. The normalized spacial score (nSPS) is 18.3. The van der Waals surface area contributed by atoms with Crippen molar-refractivity contribution in [1.29, 1.82) is 0 Å². The third-order valence-corrected chi connectivity index (χ3v) is 5.17. The molecule has 1 heterocycles. The lowest BCUT2D eigenvalue weighted by Crippen LogP contribution is -2.29. The van der Waals surface area contributed by atoms with E-state index < -0.39 is 0 Å². The molecule has 158 valence electrons. The third-order valence-electron chi connectivity index (χ3n) is 4.98. The lowest BCUT2D eigenvalue weighted by Gasteiger charge is -2.20. The third kappa shape index (κ3) is 9.24. The summed E-state index contributed by atoms with van der Waals surface area (Å²) >= 11 is 5.30. The number of benzene rings is 1. The van der Waals surface area contributed by atoms with Crippen LogP contribution in [0.5, 0.6) is 5.75 Å². The van der Waals surface area contributed by atoms with Crippen LogP contribution in [0.3, 0.4) is 0 Å². The number of unbranched alkanes of at least 4 members (excludes halogenated alkanes) is 1. The molecule has 2 rings (SSSR count). The molecule has 5 nitrogen and oxygen atoms in total. The maximum Gasteiger partial charge on any atom is 0.266 e. The van der Waals surface area contributed by atoms with E-state index in [2.05, 4.69) is 45.9 Å². The van der Waals surface area contributed by atoms with Gasteiger partial charge in [0.1, 0.15) is 5.75 Å². The van der Waals surface area contributed by atoms with Gasteiger partial charge in [-0.2, -0.15) is 0 Å². The number of carbonyl (C=O) groups excluding carboxylic acids is 1. The van der Waals surface area contributed by atoms with Crippen LogP contribution < -0.4 is 15.4 Å². The van der Waals surface area contributed by atoms with Crippen molar-refractivity contribution in [3.63, 3.8) is 0 Å². The number of likely N-dealkylation sites (tertiary alicyclic amines) is 1. The monoisotopic (exact) mass is 415 g/mol. The molecule has 1 unspecified atom stereocenters. The molecule has 1 aliphatic rings. The van der Waals surface area contributed by atoms with Gasteiger partial charge >= 0.3 is 0 Å². The number of thiocarbonyl (C=S) groups is 1. The van der Waals surface area contributed by atoms with Crippen molar-refractivity contribution in [2.75, 3.05) is 13.1 Å². The van der Waals surface area contributed by atoms with E-state index in [1.807, 2.05) is 26.0 Å². The highest BCUT2D eigenvalue weighted by atomic mass is 32.1. The number of nitrogens with one attached hydrogen (secondary N) is 2. The van der Waals surface area contributed by atoms with E-state index in [0.717, 1.165) is 69.6 Å². The Morgan fingerprint density at radius 1 is 1.24 bits per heavy atom. The molecule has 0 bridgehead atoms. The molecule has 6 heteroatoms. The molecule has 1 aromatic rings. The van der Waals surface area contributed by atoms with Crippen molar-refractivity contribution in [3.8, 4) is 5.75 Å². The Morgan fingerprint density at radius 2 is 2.03 bits per heavy atom. The molecule has 1 aromatic carbocycles. The van der Waals surface area contributed by atoms with Crippen molar-refractivity contribution >= 4 is 23.8 Å². The Bertz CT molecular complexity index is 701. The second-order valence-electron chi connectivity index (χ2n) is 7.38. The first-order valence-electron chi connectivity index (χ1n) is 10.4. The summed E-state index contributed by atoms with van der Waals surface area (Å²) in [6, 6.07) is 8.40. The van der Waals surface area contributed by atoms with Gasteiger partial charge in [-0.3, -0.25) is 9.69 Å². The largest absolute Gasteiger partial charge is 0.432 e. The highest BCUT2D eigenvalue weighted by molar-refractivity contribution is 7.80. The van der Waals surface area contributed by atoms with Crippen LogP contribution in [0.2, 0.25) is 0 Å². The number of hydrogen-bond acceptors (Lipinski definition) is 4. The van der Waals surface area contributed by atoms with E-state index in [9.17, 15) is 4.79 Å². The fourth-order valence-electron chi connectivity index (χ4n) is 3.41. The number of ether oxygens (including phenoxy) is 1. The van der Waals surface area contributed by atoms with E-state index in [-0.39, 0.29) is 0 Å². The maximum absolute atomic E-state index is 10.6. The summed E-state index contributed by atoms with van der Waals surface area (Å²) in [5.74, 6) is 0.735. The van der Waals surface area contributed by atoms with Crippen LogP contribution in [-0.2, 0) is 11.3 Å². The van der Waals surface area contributed by atoms with Crippen LogP contribution in [0.25, 0.3) is 0 Å². The topological polar surface area (TPSA) is 53.6 Å². The van der Waals surface area contributed by atoms with Gasteiger partial charge in [0.2, 0.25) is 6.41 Å².